The molecule has 0 saturated carbocycles. The first-order valence-electron chi connectivity index (χ1n) is 4.86. The smallest absolute Gasteiger partial charge is 0.175 e. The van der Waals surface area contributed by atoms with Crippen LogP contribution in [0.1, 0.15) is 5.56 Å². The van der Waals surface area contributed by atoms with Gasteiger partial charge < -0.3 is 11.8 Å². The van der Waals surface area contributed by atoms with Gasteiger partial charge in [-0.15, -0.1) is 0 Å². The van der Waals surface area contributed by atoms with E-state index in [0.717, 1.165) is 0 Å². The van der Waals surface area contributed by atoms with Crippen LogP contribution in [-0.2, 0) is 0 Å². The van der Waals surface area contributed by atoms with E-state index in [9.17, 15) is 0 Å². The molecule has 2 rings (SSSR count). The van der Waals surface area contributed by atoms with Gasteiger partial charge in [0.25, 0.3) is 0 Å². The van der Waals surface area contributed by atoms with Crippen LogP contribution in [0.5, 0.6) is 0 Å². The van der Waals surface area contributed by atoms with E-state index in [4.69, 9.17) is 11.8 Å². The molecule has 0 amide bonds. The van der Waals surface area contributed by atoms with Gasteiger partial charge in [-0.05, 0) is 5.56 Å². The molecular weight excluding hydrogens is 196 g/mol. The molecule has 0 spiro atoms. The minimum absolute atomic E-state index is 1.21. The number of pyridine rings is 1. The van der Waals surface area contributed by atoms with Gasteiger partial charge in [0.15, 0.2) is 18.6 Å². The predicted molar refractivity (Wildman–Crippen MR) is 63.3 cm³/mol. The number of nitrogens with zero attached hydrogens (tertiary/aromatic N) is 2. The average Bonchev–Trinajstić information content (AvgIpc) is 2.41. The molecule has 0 atom stereocenters. The van der Waals surface area contributed by atoms with Gasteiger partial charge in [-0.25, -0.2) is 0 Å². The predicted octanol–water partition coefficient (Wildman–Crippen LogP) is 2.70. The third-order valence-corrected chi connectivity index (χ3v) is 1.98. The lowest BCUT2D eigenvalue weighted by atomic mass is 10.2. The van der Waals surface area contributed by atoms with Crippen LogP contribution in [0.4, 0.5) is 0 Å². The fourth-order valence-corrected chi connectivity index (χ4v) is 1.25. The van der Waals surface area contributed by atoms with Gasteiger partial charge in [0.1, 0.15) is 0 Å². The molecule has 0 N–H and O–H groups in total. The van der Waals surface area contributed by atoms with E-state index in [1.54, 1.807) is 0 Å². The summed E-state index contributed by atoms with van der Waals surface area (Å²) in [7, 11) is 0. The second-order valence-electron chi connectivity index (χ2n) is 3.05. The van der Waals surface area contributed by atoms with Crippen molar-refractivity contribution in [2.24, 2.45) is 0 Å². The van der Waals surface area contributed by atoms with Gasteiger partial charge in [-0.2, -0.15) is 4.57 Å². The molecule has 2 nitrogen and oxygen atoms in total. The van der Waals surface area contributed by atoms with Crippen molar-refractivity contribution in [2.45, 2.75) is 0 Å². The van der Waals surface area contributed by atoms with Gasteiger partial charge >= 0.3 is 0 Å². The van der Waals surface area contributed by atoms with Crippen molar-refractivity contribution in [3.05, 3.63) is 73.1 Å². The highest BCUT2D eigenvalue weighted by Crippen LogP contribution is 1.99. The van der Waals surface area contributed by atoms with E-state index in [0.29, 0.717) is 0 Å². The Kier molecular flexibility index (Phi) is 5.08. The zero-order chi connectivity index (χ0) is 11.6. The zero-order valence-electron chi connectivity index (χ0n) is 8.82. The van der Waals surface area contributed by atoms with Crippen LogP contribution in [0.25, 0.3) is 12.3 Å². The minimum Gasteiger partial charge on any atom is -0.512 e. The molecule has 0 bridgehead atoms. The van der Waals surface area contributed by atoms with Crippen LogP contribution < -0.4 is 4.57 Å². The Hall–Kier alpha value is -2.40. The van der Waals surface area contributed by atoms with E-state index < -0.39 is 0 Å². The summed E-state index contributed by atoms with van der Waals surface area (Å²) in [5, 5.41) is 6.25. The molecule has 0 radical (unpaired) electrons. The van der Waals surface area contributed by atoms with E-state index in [1.165, 1.54) is 5.56 Å². The Bertz CT molecular complexity index is 402. The van der Waals surface area contributed by atoms with Gasteiger partial charge in [0, 0.05) is 18.2 Å². The SMILES string of the molecule is C(=C[n+]1ccccc1)c1ccccc1.[C-]#N. The monoisotopic (exact) mass is 208 g/mol. The summed E-state index contributed by atoms with van der Waals surface area (Å²) >= 11 is 0. The van der Waals surface area contributed by atoms with Gasteiger partial charge in [-0.1, -0.05) is 36.4 Å². The quantitative estimate of drug-likeness (QED) is 0.550. The molecule has 2 heteroatoms. The van der Waals surface area contributed by atoms with Gasteiger partial charge in [-0.3, -0.25) is 0 Å². The summed E-state index contributed by atoms with van der Waals surface area (Å²) in [6.45, 7) is 4.75. The number of rotatable bonds is 2. The Morgan fingerprint density at radius 2 is 1.44 bits per heavy atom. The third kappa shape index (κ3) is 3.77. The first-order chi connectivity index (χ1) is 7.95. The maximum Gasteiger partial charge on any atom is 0.175 e. The Morgan fingerprint density at radius 3 is 2.06 bits per heavy atom. The molecule has 1 heterocycles. The fourth-order valence-electron chi connectivity index (χ4n) is 1.25. The number of benzene rings is 1. The highest BCUT2D eigenvalue weighted by Gasteiger charge is 1.89. The van der Waals surface area contributed by atoms with Crippen LogP contribution in [0, 0.1) is 11.8 Å². The summed E-state index contributed by atoms with van der Waals surface area (Å²) in [5.41, 5.74) is 1.21. The van der Waals surface area contributed by atoms with Gasteiger partial charge in [0.05, 0.1) is 0 Å². The second kappa shape index (κ2) is 6.97. The largest absolute Gasteiger partial charge is 0.512 e. The molecule has 0 aliphatic rings. The summed E-state index contributed by atoms with van der Waals surface area (Å²) in [6.07, 6.45) is 8.15. The lowest BCUT2D eigenvalue weighted by molar-refractivity contribution is -0.567. The molecular formula is C14H12N2. The Balaban J connectivity index is 0.000000606. The molecule has 0 unspecified atom stereocenters. The van der Waals surface area contributed by atoms with Crippen LogP contribution in [0.3, 0.4) is 0 Å². The molecule has 0 aliphatic heterocycles. The number of aromatic nitrogens is 1. The normalized spacial score (nSPS) is 9.38. The van der Waals surface area contributed by atoms with E-state index in [1.807, 2.05) is 59.6 Å². The van der Waals surface area contributed by atoms with Crippen LogP contribution in [0.2, 0.25) is 0 Å². The molecule has 1 aromatic heterocycles. The van der Waals surface area contributed by atoms with Crippen LogP contribution >= 0.6 is 0 Å². The second-order valence-corrected chi connectivity index (χ2v) is 3.05. The summed E-state index contributed by atoms with van der Waals surface area (Å²) in [6, 6.07) is 16.3. The van der Waals surface area contributed by atoms with Crippen molar-refractivity contribution < 1.29 is 4.57 Å². The van der Waals surface area contributed by atoms with Crippen LogP contribution in [-0.4, -0.2) is 0 Å². The maximum absolute atomic E-state index is 6.25. The maximum atomic E-state index is 6.25. The third-order valence-electron chi connectivity index (χ3n) is 1.98. The van der Waals surface area contributed by atoms with E-state index in [-0.39, 0.29) is 0 Å². The summed E-state index contributed by atoms with van der Waals surface area (Å²) in [4.78, 5) is 0. The standard InChI is InChI=1S/C13H12N.CN/c1-3-7-13(8-4-1)9-12-14-10-5-2-6-11-14;1-2/h1-12H;/q+1;-1. The van der Waals surface area contributed by atoms with E-state index >= 15 is 0 Å². The average molecular weight is 208 g/mol. The highest BCUT2D eigenvalue weighted by atomic mass is 14.9. The van der Waals surface area contributed by atoms with Crippen molar-refractivity contribution in [1.29, 1.82) is 5.26 Å². The summed E-state index contributed by atoms with van der Waals surface area (Å²) in [5.74, 6) is 0. The van der Waals surface area contributed by atoms with Gasteiger partial charge in [0.2, 0.25) is 0 Å². The van der Waals surface area contributed by atoms with Crippen LogP contribution in [0.15, 0.2) is 60.9 Å². The van der Waals surface area contributed by atoms with Crippen molar-refractivity contribution >= 4 is 12.3 Å². The molecule has 78 valence electrons. The minimum atomic E-state index is 1.21. The number of hydrogen-bond donors (Lipinski definition) is 0. The van der Waals surface area contributed by atoms with Crippen molar-refractivity contribution in [2.75, 3.05) is 0 Å². The molecule has 0 saturated heterocycles. The molecule has 0 aliphatic carbocycles. The highest BCUT2D eigenvalue weighted by molar-refractivity contribution is 5.56. The molecule has 2 aromatic rings. The first kappa shape index (κ1) is 11.7. The zero-order valence-corrected chi connectivity index (χ0v) is 8.82. The van der Waals surface area contributed by atoms with Crippen molar-refractivity contribution in [3.63, 3.8) is 0 Å². The molecule has 0 fully saturated rings. The Labute approximate surface area is 95.7 Å². The topological polar surface area (TPSA) is 27.7 Å². The van der Waals surface area contributed by atoms with Crippen molar-refractivity contribution in [3.8, 4) is 0 Å². The molecule has 1 aromatic carbocycles. The lowest BCUT2D eigenvalue weighted by Crippen LogP contribution is -2.23. The lowest BCUT2D eigenvalue weighted by Gasteiger charge is -1.88. The molecule has 16 heavy (non-hydrogen) atoms. The Morgan fingerprint density at radius 1 is 0.875 bits per heavy atom. The van der Waals surface area contributed by atoms with E-state index in [2.05, 4.69) is 18.2 Å². The number of hydrogen-bond acceptors (Lipinski definition) is 1. The first-order valence-corrected chi connectivity index (χ1v) is 4.86. The van der Waals surface area contributed by atoms with Crippen molar-refractivity contribution in [1.82, 2.24) is 0 Å². The summed E-state index contributed by atoms with van der Waals surface area (Å²) < 4.78 is 2.02. The fraction of sp³-hybridized carbons (Fsp3) is 0.